The molecule has 1 aromatic heterocycles. The van der Waals surface area contributed by atoms with Gasteiger partial charge < -0.3 is 4.74 Å². The maximum Gasteiger partial charge on any atom is 0.410 e. The maximum atomic E-state index is 12.5. The Balaban J connectivity index is 2.03. The molecule has 1 atom stereocenters. The average molecular weight is 354 g/mol. The van der Waals surface area contributed by atoms with Crippen molar-refractivity contribution in [2.24, 2.45) is 0 Å². The Morgan fingerprint density at radius 3 is 2.42 bits per heavy atom. The van der Waals surface area contributed by atoms with Crippen LogP contribution in [-0.2, 0) is 14.9 Å². The van der Waals surface area contributed by atoms with Crippen molar-refractivity contribution in [1.29, 1.82) is 0 Å². The smallest absolute Gasteiger partial charge is 0.410 e. The number of nitrogens with one attached hydrogen (secondary N) is 1. The minimum Gasteiger partial charge on any atom is -0.444 e. The van der Waals surface area contributed by atoms with Crippen LogP contribution < -0.4 is 5.32 Å². The molecule has 1 aliphatic rings. The number of carbonyl (C=O) groups is 2. The van der Waals surface area contributed by atoms with Crippen LogP contribution in [0.5, 0.6) is 0 Å². The topological polar surface area (TPSA) is 84.4 Å². The highest BCUT2D eigenvalue weighted by Crippen LogP contribution is 2.28. The van der Waals surface area contributed by atoms with Gasteiger partial charge in [0.15, 0.2) is 0 Å². The van der Waals surface area contributed by atoms with Crippen LogP contribution >= 0.6 is 11.3 Å². The molecule has 1 aromatic rings. The van der Waals surface area contributed by atoms with Gasteiger partial charge in [0.05, 0.1) is 0 Å². The van der Waals surface area contributed by atoms with Gasteiger partial charge in [0, 0.05) is 12.0 Å². The van der Waals surface area contributed by atoms with Crippen molar-refractivity contribution in [3.8, 4) is 0 Å². The van der Waals surface area contributed by atoms with Gasteiger partial charge in [0.2, 0.25) is 11.0 Å². The third-order valence-electron chi connectivity index (χ3n) is 3.48. The second-order valence-corrected chi connectivity index (χ2v) is 8.96. The van der Waals surface area contributed by atoms with Crippen LogP contribution in [0.3, 0.4) is 0 Å². The van der Waals surface area contributed by atoms with Gasteiger partial charge in [-0.15, -0.1) is 10.2 Å². The Morgan fingerprint density at radius 2 is 1.88 bits per heavy atom. The molecule has 1 N–H and O–H groups in total. The fourth-order valence-electron chi connectivity index (χ4n) is 2.34. The normalized spacial score (nSPS) is 18.6. The molecule has 2 amide bonds. The summed E-state index contributed by atoms with van der Waals surface area (Å²) in [6.07, 6.45) is 0.948. The molecule has 1 aliphatic heterocycles. The highest BCUT2D eigenvalue weighted by atomic mass is 32.1. The molecular formula is C16H26N4O3S. The summed E-state index contributed by atoms with van der Waals surface area (Å²) < 4.78 is 5.38. The third-order valence-corrected chi connectivity index (χ3v) is 4.74. The lowest BCUT2D eigenvalue weighted by Crippen LogP contribution is -2.45. The molecule has 0 bridgehead atoms. The highest BCUT2D eigenvalue weighted by Gasteiger charge is 2.37. The predicted molar refractivity (Wildman–Crippen MR) is 93.2 cm³/mol. The summed E-state index contributed by atoms with van der Waals surface area (Å²) in [6.45, 7) is 12.1. The van der Waals surface area contributed by atoms with Gasteiger partial charge in [-0.1, -0.05) is 32.1 Å². The number of aromatic nitrogens is 2. The van der Waals surface area contributed by atoms with Gasteiger partial charge in [-0.2, -0.15) is 0 Å². The van der Waals surface area contributed by atoms with Crippen molar-refractivity contribution in [3.05, 3.63) is 5.01 Å². The van der Waals surface area contributed by atoms with Gasteiger partial charge in [-0.25, -0.2) is 4.79 Å². The van der Waals surface area contributed by atoms with Gasteiger partial charge in [0.1, 0.15) is 16.7 Å². The summed E-state index contributed by atoms with van der Waals surface area (Å²) in [5.41, 5.74) is -0.696. The number of ether oxygens (including phenoxy) is 1. The molecule has 0 aliphatic carbocycles. The van der Waals surface area contributed by atoms with Crippen molar-refractivity contribution in [3.63, 3.8) is 0 Å². The number of rotatable bonds is 2. The average Bonchev–Trinajstić information content (AvgIpc) is 3.03. The monoisotopic (exact) mass is 354 g/mol. The van der Waals surface area contributed by atoms with Crippen LogP contribution in [0.4, 0.5) is 9.93 Å². The Hall–Kier alpha value is -1.70. The van der Waals surface area contributed by atoms with Crippen LogP contribution in [-0.4, -0.2) is 45.3 Å². The predicted octanol–water partition coefficient (Wildman–Crippen LogP) is 3.17. The molecule has 0 unspecified atom stereocenters. The molecule has 0 radical (unpaired) electrons. The summed E-state index contributed by atoms with van der Waals surface area (Å²) in [7, 11) is 0. The van der Waals surface area contributed by atoms with Crippen LogP contribution in [0.2, 0.25) is 0 Å². The third kappa shape index (κ3) is 4.66. The van der Waals surface area contributed by atoms with Crippen molar-refractivity contribution in [2.45, 2.75) is 71.4 Å². The first kappa shape index (κ1) is 18.6. The van der Waals surface area contributed by atoms with E-state index in [-0.39, 0.29) is 11.3 Å². The summed E-state index contributed by atoms with van der Waals surface area (Å²) in [5, 5.41) is 12.2. The van der Waals surface area contributed by atoms with Gasteiger partial charge in [0.25, 0.3) is 0 Å². The van der Waals surface area contributed by atoms with Crippen LogP contribution in [0, 0.1) is 0 Å². The largest absolute Gasteiger partial charge is 0.444 e. The van der Waals surface area contributed by atoms with Crippen molar-refractivity contribution >= 4 is 28.5 Å². The molecule has 0 spiro atoms. The van der Waals surface area contributed by atoms with Crippen molar-refractivity contribution < 1.29 is 14.3 Å². The lowest BCUT2D eigenvalue weighted by Gasteiger charge is -2.27. The van der Waals surface area contributed by atoms with Gasteiger partial charge in [-0.3, -0.25) is 15.0 Å². The first-order chi connectivity index (χ1) is 11.0. The number of carbonyl (C=O) groups excluding carboxylic acids is 2. The van der Waals surface area contributed by atoms with Crippen LogP contribution in [0.25, 0.3) is 0 Å². The molecule has 24 heavy (non-hydrogen) atoms. The molecule has 8 heteroatoms. The molecule has 1 fully saturated rings. The summed E-state index contributed by atoms with van der Waals surface area (Å²) >= 11 is 1.36. The molecule has 0 saturated carbocycles. The van der Waals surface area contributed by atoms with E-state index in [1.807, 2.05) is 41.5 Å². The summed E-state index contributed by atoms with van der Waals surface area (Å²) in [6, 6.07) is -0.526. The Bertz CT molecular complexity index is 616. The number of amides is 2. The number of anilines is 1. The van der Waals surface area contributed by atoms with Crippen molar-refractivity contribution in [2.75, 3.05) is 11.9 Å². The summed E-state index contributed by atoms with van der Waals surface area (Å²) in [5.74, 6) is -0.241. The molecule has 2 heterocycles. The van der Waals surface area contributed by atoms with E-state index in [4.69, 9.17) is 4.74 Å². The SMILES string of the molecule is CC(C)(C)OC(=O)N1CCC[C@@H]1C(=O)Nc1nnc(C(C)(C)C)s1. The zero-order valence-electron chi connectivity index (χ0n) is 15.2. The van der Waals surface area contributed by atoms with E-state index in [1.54, 1.807) is 0 Å². The minimum atomic E-state index is -0.582. The number of hydrogen-bond donors (Lipinski definition) is 1. The standard InChI is InChI=1S/C16H26N4O3S/c1-15(2,3)12-18-19-13(24-12)17-11(21)10-8-7-9-20(10)14(22)23-16(4,5)6/h10H,7-9H2,1-6H3,(H,17,19,21)/t10-/m1/s1. The van der Waals surface area contributed by atoms with E-state index >= 15 is 0 Å². The number of hydrogen-bond acceptors (Lipinski definition) is 6. The van der Waals surface area contributed by atoms with Crippen molar-refractivity contribution in [1.82, 2.24) is 15.1 Å². The Kier molecular flexibility index (Phi) is 5.17. The Labute approximate surface area is 146 Å². The van der Waals surface area contributed by atoms with E-state index in [0.717, 1.165) is 11.4 Å². The molecule has 7 nitrogen and oxygen atoms in total. The van der Waals surface area contributed by atoms with Crippen LogP contribution in [0.1, 0.15) is 59.4 Å². The van der Waals surface area contributed by atoms with E-state index in [2.05, 4.69) is 15.5 Å². The van der Waals surface area contributed by atoms with Crippen LogP contribution in [0.15, 0.2) is 0 Å². The van der Waals surface area contributed by atoms with Gasteiger partial charge in [-0.05, 0) is 33.6 Å². The lowest BCUT2D eigenvalue weighted by atomic mass is 9.98. The van der Waals surface area contributed by atoms with E-state index in [9.17, 15) is 9.59 Å². The molecule has 1 saturated heterocycles. The second-order valence-electron chi connectivity index (χ2n) is 7.98. The van der Waals surface area contributed by atoms with E-state index in [1.165, 1.54) is 16.2 Å². The quantitative estimate of drug-likeness (QED) is 0.882. The molecule has 0 aromatic carbocycles. The lowest BCUT2D eigenvalue weighted by molar-refractivity contribution is -0.120. The zero-order chi connectivity index (χ0) is 18.1. The second kappa shape index (κ2) is 6.66. The first-order valence-electron chi connectivity index (χ1n) is 8.12. The molecule has 2 rings (SSSR count). The first-order valence-corrected chi connectivity index (χ1v) is 8.93. The fraction of sp³-hybridized carbons (Fsp3) is 0.750. The number of likely N-dealkylation sites (tertiary alicyclic amines) is 1. The van der Waals surface area contributed by atoms with E-state index in [0.29, 0.717) is 18.1 Å². The minimum absolute atomic E-state index is 0.115. The fourth-order valence-corrected chi connectivity index (χ4v) is 3.15. The zero-order valence-corrected chi connectivity index (χ0v) is 16.0. The summed E-state index contributed by atoms with van der Waals surface area (Å²) in [4.78, 5) is 26.3. The maximum absolute atomic E-state index is 12.5. The Morgan fingerprint density at radius 1 is 1.21 bits per heavy atom. The van der Waals surface area contributed by atoms with Gasteiger partial charge >= 0.3 is 6.09 Å². The molecule has 134 valence electrons. The van der Waals surface area contributed by atoms with E-state index < -0.39 is 17.7 Å². The number of nitrogens with zero attached hydrogens (tertiary/aromatic N) is 3. The molecular weight excluding hydrogens is 328 g/mol. The highest BCUT2D eigenvalue weighted by molar-refractivity contribution is 7.15.